The molecule has 0 unspecified atom stereocenters. The summed E-state index contributed by atoms with van der Waals surface area (Å²) < 4.78 is 0. The zero-order chi connectivity index (χ0) is 11.7. The molecule has 0 aliphatic heterocycles. The average Bonchev–Trinajstić information content (AvgIpc) is 2.27. The Bertz CT molecular complexity index is 592. The fourth-order valence-corrected chi connectivity index (χ4v) is 1.67. The molecule has 2 rings (SSSR count). The van der Waals surface area contributed by atoms with E-state index < -0.39 is 11.9 Å². The van der Waals surface area contributed by atoms with Gasteiger partial charge in [-0.25, -0.2) is 4.79 Å². The van der Waals surface area contributed by atoms with Crippen molar-refractivity contribution in [2.45, 2.75) is 0 Å². The molecule has 0 aliphatic rings. The molecular weight excluding hydrogens is 231 g/mol. The molecule has 0 bridgehead atoms. The summed E-state index contributed by atoms with van der Waals surface area (Å²) in [6, 6.07) is 9.53. The number of aromatic carboxylic acids is 2. The smallest absolute Gasteiger partial charge is 0.545 e. The van der Waals surface area contributed by atoms with Crippen LogP contribution < -0.4 is 34.7 Å². The van der Waals surface area contributed by atoms with E-state index in [0.29, 0.717) is 10.8 Å². The molecule has 0 amide bonds. The monoisotopic (exact) mass is 238 g/mol. The molecular formula is C12H7NaO4. The zero-order valence-electron chi connectivity index (χ0n) is 9.14. The zero-order valence-corrected chi connectivity index (χ0v) is 11.1. The van der Waals surface area contributed by atoms with Gasteiger partial charge in [0.15, 0.2) is 0 Å². The number of rotatable bonds is 2. The molecule has 0 saturated carbocycles. The second-order valence-corrected chi connectivity index (χ2v) is 3.30. The Morgan fingerprint density at radius 3 is 2.29 bits per heavy atom. The molecule has 0 fully saturated rings. The summed E-state index contributed by atoms with van der Waals surface area (Å²) in [4.78, 5) is 21.8. The van der Waals surface area contributed by atoms with E-state index in [0.717, 1.165) is 0 Å². The van der Waals surface area contributed by atoms with Gasteiger partial charge in [0, 0.05) is 5.56 Å². The fraction of sp³-hybridized carbons (Fsp3) is 0. The molecule has 2 aromatic rings. The van der Waals surface area contributed by atoms with Gasteiger partial charge in [0.05, 0.1) is 11.5 Å². The summed E-state index contributed by atoms with van der Waals surface area (Å²) in [6.45, 7) is 0. The molecule has 0 heterocycles. The topological polar surface area (TPSA) is 77.4 Å². The van der Waals surface area contributed by atoms with Crippen LogP contribution in [0, 0.1) is 0 Å². The first-order chi connectivity index (χ1) is 7.61. The van der Waals surface area contributed by atoms with Gasteiger partial charge < -0.3 is 15.0 Å². The molecule has 0 radical (unpaired) electrons. The first-order valence-corrected chi connectivity index (χ1v) is 4.57. The van der Waals surface area contributed by atoms with Crippen LogP contribution >= 0.6 is 0 Å². The predicted molar refractivity (Wildman–Crippen MR) is 55.2 cm³/mol. The first kappa shape index (κ1) is 13.7. The van der Waals surface area contributed by atoms with Crippen molar-refractivity contribution in [3.63, 3.8) is 0 Å². The van der Waals surface area contributed by atoms with Crippen LogP contribution in [0.3, 0.4) is 0 Å². The Balaban J connectivity index is 0.00000144. The van der Waals surface area contributed by atoms with E-state index in [4.69, 9.17) is 5.11 Å². The van der Waals surface area contributed by atoms with E-state index in [1.54, 1.807) is 30.3 Å². The molecule has 80 valence electrons. The van der Waals surface area contributed by atoms with Gasteiger partial charge in [0.25, 0.3) is 0 Å². The Morgan fingerprint density at radius 2 is 1.71 bits per heavy atom. The second-order valence-electron chi connectivity index (χ2n) is 3.30. The van der Waals surface area contributed by atoms with Crippen LogP contribution in [0.5, 0.6) is 0 Å². The van der Waals surface area contributed by atoms with Crippen LogP contribution in [0.4, 0.5) is 0 Å². The third-order valence-electron chi connectivity index (χ3n) is 2.36. The SMILES string of the molecule is O=C(O)c1ccc2ccccc2c1C(=O)[O-].[Na+]. The van der Waals surface area contributed by atoms with E-state index in [1.807, 2.05) is 0 Å². The third kappa shape index (κ3) is 2.49. The summed E-state index contributed by atoms with van der Waals surface area (Å²) in [6.07, 6.45) is 0. The molecule has 5 heteroatoms. The Hall–Kier alpha value is -1.36. The standard InChI is InChI=1S/C12H8O4.Na/c13-11(14)9-6-5-7-3-1-2-4-8(7)10(9)12(15)16;/h1-6H,(H,13,14)(H,15,16);/q;+1/p-1. The molecule has 0 atom stereocenters. The van der Waals surface area contributed by atoms with Crippen molar-refractivity contribution in [2.24, 2.45) is 0 Å². The number of hydrogen-bond acceptors (Lipinski definition) is 3. The normalized spacial score (nSPS) is 9.65. The number of carbonyl (C=O) groups excluding carboxylic acids is 1. The summed E-state index contributed by atoms with van der Waals surface area (Å²) >= 11 is 0. The number of fused-ring (bicyclic) bond motifs is 1. The van der Waals surface area contributed by atoms with Crippen molar-refractivity contribution >= 4 is 22.7 Å². The maximum atomic E-state index is 11.0. The summed E-state index contributed by atoms with van der Waals surface area (Å²) in [5.74, 6) is -2.75. The third-order valence-corrected chi connectivity index (χ3v) is 2.36. The van der Waals surface area contributed by atoms with Crippen molar-refractivity contribution in [3.05, 3.63) is 47.5 Å². The second kappa shape index (κ2) is 5.31. The Kier molecular flexibility index (Phi) is 4.28. The van der Waals surface area contributed by atoms with E-state index >= 15 is 0 Å². The predicted octanol–water partition coefficient (Wildman–Crippen LogP) is -2.09. The molecule has 4 nitrogen and oxygen atoms in total. The van der Waals surface area contributed by atoms with Crippen molar-refractivity contribution in [1.82, 2.24) is 0 Å². The van der Waals surface area contributed by atoms with E-state index in [-0.39, 0.29) is 40.7 Å². The van der Waals surface area contributed by atoms with E-state index in [1.165, 1.54) is 6.07 Å². The number of carbonyl (C=O) groups is 2. The van der Waals surface area contributed by atoms with Gasteiger partial charge in [-0.3, -0.25) is 0 Å². The van der Waals surface area contributed by atoms with Crippen molar-refractivity contribution in [1.29, 1.82) is 0 Å². The minimum absolute atomic E-state index is 0. The van der Waals surface area contributed by atoms with Crippen LogP contribution in [0.15, 0.2) is 36.4 Å². The van der Waals surface area contributed by atoms with Crippen molar-refractivity contribution in [3.8, 4) is 0 Å². The number of hydrogen-bond donors (Lipinski definition) is 1. The maximum Gasteiger partial charge on any atom is 1.00 e. The van der Waals surface area contributed by atoms with E-state index in [9.17, 15) is 14.7 Å². The molecule has 0 saturated heterocycles. The van der Waals surface area contributed by atoms with Crippen LogP contribution in [0.1, 0.15) is 20.7 Å². The van der Waals surface area contributed by atoms with Crippen molar-refractivity contribution in [2.75, 3.05) is 0 Å². The number of carboxylic acid groups (broad SMARTS) is 2. The number of benzene rings is 2. The molecule has 0 aliphatic carbocycles. The van der Waals surface area contributed by atoms with Gasteiger partial charge in [-0.2, -0.15) is 0 Å². The van der Waals surface area contributed by atoms with Gasteiger partial charge in [-0.15, -0.1) is 0 Å². The van der Waals surface area contributed by atoms with Gasteiger partial charge in [-0.1, -0.05) is 30.3 Å². The summed E-state index contributed by atoms with van der Waals surface area (Å²) in [7, 11) is 0. The first-order valence-electron chi connectivity index (χ1n) is 4.57. The quantitative estimate of drug-likeness (QED) is 0.608. The number of carboxylic acids is 2. The molecule has 0 aromatic heterocycles. The van der Waals surface area contributed by atoms with Crippen LogP contribution in [-0.4, -0.2) is 17.0 Å². The van der Waals surface area contributed by atoms with Crippen LogP contribution in [-0.2, 0) is 0 Å². The van der Waals surface area contributed by atoms with E-state index in [2.05, 4.69) is 0 Å². The maximum absolute atomic E-state index is 11.0. The summed E-state index contributed by atoms with van der Waals surface area (Å²) in [5.41, 5.74) is -0.524. The Labute approximate surface area is 119 Å². The molecule has 1 N–H and O–H groups in total. The molecule has 0 spiro atoms. The fourth-order valence-electron chi connectivity index (χ4n) is 1.67. The summed E-state index contributed by atoms with van der Waals surface area (Å²) in [5, 5.41) is 20.9. The average molecular weight is 238 g/mol. The van der Waals surface area contributed by atoms with Crippen molar-refractivity contribution < 1.29 is 49.4 Å². The van der Waals surface area contributed by atoms with Gasteiger partial charge in [0.2, 0.25) is 0 Å². The van der Waals surface area contributed by atoms with Gasteiger partial charge in [-0.05, 0) is 16.8 Å². The minimum atomic E-state index is -1.48. The molecule has 2 aromatic carbocycles. The molecule has 17 heavy (non-hydrogen) atoms. The minimum Gasteiger partial charge on any atom is -0.545 e. The van der Waals surface area contributed by atoms with Gasteiger partial charge >= 0.3 is 35.5 Å². The van der Waals surface area contributed by atoms with Crippen LogP contribution in [0.2, 0.25) is 0 Å². The Morgan fingerprint density at radius 1 is 1.06 bits per heavy atom. The van der Waals surface area contributed by atoms with Crippen LogP contribution in [0.25, 0.3) is 10.8 Å². The largest absolute Gasteiger partial charge is 1.00 e. The van der Waals surface area contributed by atoms with Gasteiger partial charge in [0.1, 0.15) is 0 Å².